The van der Waals surface area contributed by atoms with Crippen molar-refractivity contribution >= 4 is 17.5 Å². The Labute approximate surface area is 185 Å². The summed E-state index contributed by atoms with van der Waals surface area (Å²) in [5.41, 5.74) is 3.44. The first kappa shape index (κ1) is 20.2. The van der Waals surface area contributed by atoms with Gasteiger partial charge in [0.05, 0.1) is 16.4 Å². The second-order valence-electron chi connectivity index (χ2n) is 8.38. The molecule has 7 heteroatoms. The van der Waals surface area contributed by atoms with Gasteiger partial charge in [-0.3, -0.25) is 4.79 Å². The van der Waals surface area contributed by atoms with Crippen molar-refractivity contribution in [1.82, 2.24) is 20.0 Å². The maximum Gasteiger partial charge on any atom is 0.223 e. The molecule has 1 saturated heterocycles. The van der Waals surface area contributed by atoms with Gasteiger partial charge in [-0.15, -0.1) is 0 Å². The van der Waals surface area contributed by atoms with Gasteiger partial charge in [0.1, 0.15) is 5.82 Å². The van der Waals surface area contributed by atoms with Crippen LogP contribution in [0.1, 0.15) is 24.8 Å². The lowest BCUT2D eigenvalue weighted by molar-refractivity contribution is -0.128. The first-order valence-corrected chi connectivity index (χ1v) is 11.1. The van der Waals surface area contributed by atoms with E-state index in [2.05, 4.69) is 5.32 Å². The van der Waals surface area contributed by atoms with E-state index in [4.69, 9.17) is 16.7 Å². The molecule has 2 fully saturated rings. The molecule has 2 aromatic carbocycles. The molecule has 5 nitrogen and oxygen atoms in total. The zero-order valence-corrected chi connectivity index (χ0v) is 17.9. The highest BCUT2D eigenvalue weighted by Crippen LogP contribution is 2.33. The van der Waals surface area contributed by atoms with Crippen LogP contribution >= 0.6 is 11.6 Å². The van der Waals surface area contributed by atoms with Crippen LogP contribution in [0, 0.1) is 11.7 Å². The van der Waals surface area contributed by atoms with Crippen LogP contribution in [0.25, 0.3) is 16.9 Å². The van der Waals surface area contributed by atoms with E-state index in [1.54, 1.807) is 16.8 Å². The van der Waals surface area contributed by atoms with E-state index in [0.717, 1.165) is 48.4 Å². The molecule has 1 aliphatic heterocycles. The lowest BCUT2D eigenvalue weighted by Gasteiger charge is -2.15. The molecule has 0 spiro atoms. The lowest BCUT2D eigenvalue weighted by Crippen LogP contribution is -2.29. The van der Waals surface area contributed by atoms with Gasteiger partial charge in [0.15, 0.2) is 0 Å². The highest BCUT2D eigenvalue weighted by molar-refractivity contribution is 6.33. The molecule has 3 aromatic rings. The number of carbonyl (C=O) groups excluding carboxylic acids is 1. The summed E-state index contributed by atoms with van der Waals surface area (Å²) in [7, 11) is 0. The minimum absolute atomic E-state index is 0.282. The number of aromatic nitrogens is 2. The number of nitrogens with zero attached hydrogens (tertiary/aromatic N) is 3. The predicted octanol–water partition coefficient (Wildman–Crippen LogP) is 4.43. The SMILES string of the molecule is O=C1C[C@H](CNCc2cn(-c3ccc(F)cc3)nc2-c2ccccc2Cl)CN1C1CC1. The molecule has 160 valence electrons. The monoisotopic (exact) mass is 438 g/mol. The third-order valence-electron chi connectivity index (χ3n) is 5.98. The van der Waals surface area contributed by atoms with Gasteiger partial charge in [-0.2, -0.15) is 5.10 Å². The van der Waals surface area contributed by atoms with Crippen molar-refractivity contribution in [3.05, 3.63) is 71.1 Å². The van der Waals surface area contributed by atoms with Gasteiger partial charge in [0.2, 0.25) is 5.91 Å². The normalized spacial score (nSPS) is 18.7. The second kappa shape index (κ2) is 8.44. The van der Waals surface area contributed by atoms with Gasteiger partial charge < -0.3 is 10.2 Å². The van der Waals surface area contributed by atoms with Crippen molar-refractivity contribution in [3.63, 3.8) is 0 Å². The van der Waals surface area contributed by atoms with Crippen LogP contribution in [-0.4, -0.2) is 39.7 Å². The van der Waals surface area contributed by atoms with E-state index in [-0.39, 0.29) is 11.7 Å². The van der Waals surface area contributed by atoms with E-state index in [0.29, 0.717) is 29.9 Å². The molecule has 1 N–H and O–H groups in total. The minimum atomic E-state index is -0.282. The molecular weight excluding hydrogens is 415 g/mol. The summed E-state index contributed by atoms with van der Waals surface area (Å²) >= 11 is 6.45. The van der Waals surface area contributed by atoms with Gasteiger partial charge in [0.25, 0.3) is 0 Å². The van der Waals surface area contributed by atoms with Crippen molar-refractivity contribution in [2.45, 2.75) is 31.8 Å². The van der Waals surface area contributed by atoms with E-state index < -0.39 is 0 Å². The number of rotatable bonds is 7. The standard InChI is InChI=1S/C24H24ClFN4O/c25-22-4-2-1-3-21(22)24-17(15-30(28-24)20-7-5-18(26)6-8-20)13-27-12-16-11-23(31)29(14-16)19-9-10-19/h1-8,15-16,19,27H,9-14H2/t16-/m1/s1. The van der Waals surface area contributed by atoms with Crippen LogP contribution in [0.15, 0.2) is 54.7 Å². The Kier molecular flexibility index (Phi) is 5.50. The Morgan fingerprint density at radius 2 is 1.90 bits per heavy atom. The largest absolute Gasteiger partial charge is 0.339 e. The van der Waals surface area contributed by atoms with Crippen molar-refractivity contribution in [1.29, 1.82) is 0 Å². The number of nitrogens with one attached hydrogen (secondary N) is 1. The predicted molar refractivity (Wildman–Crippen MR) is 119 cm³/mol. The fourth-order valence-corrected chi connectivity index (χ4v) is 4.47. The summed E-state index contributed by atoms with van der Waals surface area (Å²) in [5, 5.41) is 8.90. The maximum absolute atomic E-state index is 13.3. The van der Waals surface area contributed by atoms with Crippen LogP contribution < -0.4 is 5.32 Å². The van der Waals surface area contributed by atoms with Crippen molar-refractivity contribution in [2.24, 2.45) is 5.92 Å². The molecular formula is C24H24ClFN4O. The second-order valence-corrected chi connectivity index (χ2v) is 8.79. The molecule has 0 bridgehead atoms. The molecule has 2 heterocycles. The van der Waals surface area contributed by atoms with Gasteiger partial charge >= 0.3 is 0 Å². The number of hydrogen-bond acceptors (Lipinski definition) is 3. The smallest absolute Gasteiger partial charge is 0.223 e. The molecule has 1 aliphatic carbocycles. The van der Waals surface area contributed by atoms with Crippen molar-refractivity contribution in [3.8, 4) is 16.9 Å². The first-order valence-electron chi connectivity index (χ1n) is 10.7. The van der Waals surface area contributed by atoms with Gasteiger partial charge in [-0.1, -0.05) is 29.8 Å². The average molecular weight is 439 g/mol. The van der Waals surface area contributed by atoms with Gasteiger partial charge in [0, 0.05) is 49.4 Å². The molecule has 1 aromatic heterocycles. The van der Waals surface area contributed by atoms with Gasteiger partial charge in [-0.25, -0.2) is 9.07 Å². The third-order valence-corrected chi connectivity index (χ3v) is 6.31. The van der Waals surface area contributed by atoms with Crippen molar-refractivity contribution in [2.75, 3.05) is 13.1 Å². The Hall–Kier alpha value is -2.70. The van der Waals surface area contributed by atoms with Crippen LogP contribution in [0.5, 0.6) is 0 Å². The van der Waals surface area contributed by atoms with Crippen LogP contribution in [0.4, 0.5) is 4.39 Å². The number of halogens is 2. The van der Waals surface area contributed by atoms with E-state index >= 15 is 0 Å². The lowest BCUT2D eigenvalue weighted by atomic mass is 10.1. The fraction of sp³-hybridized carbons (Fsp3) is 0.333. The molecule has 2 aliphatic rings. The maximum atomic E-state index is 13.3. The summed E-state index contributed by atoms with van der Waals surface area (Å²) in [6, 6.07) is 14.4. The summed E-state index contributed by atoms with van der Waals surface area (Å²) in [6.45, 7) is 2.23. The summed E-state index contributed by atoms with van der Waals surface area (Å²) in [6.07, 6.45) is 4.87. The topological polar surface area (TPSA) is 50.2 Å². The van der Waals surface area contributed by atoms with Crippen LogP contribution in [-0.2, 0) is 11.3 Å². The zero-order chi connectivity index (χ0) is 21.4. The number of carbonyl (C=O) groups is 1. The third kappa shape index (κ3) is 4.36. The fourth-order valence-electron chi connectivity index (χ4n) is 4.24. The molecule has 1 atom stereocenters. The number of hydrogen-bond donors (Lipinski definition) is 1. The molecule has 31 heavy (non-hydrogen) atoms. The van der Waals surface area contributed by atoms with Crippen molar-refractivity contribution < 1.29 is 9.18 Å². The zero-order valence-electron chi connectivity index (χ0n) is 17.1. The molecule has 1 saturated carbocycles. The van der Waals surface area contributed by atoms with E-state index in [9.17, 15) is 9.18 Å². The highest BCUT2D eigenvalue weighted by Gasteiger charge is 2.38. The van der Waals surface area contributed by atoms with E-state index in [1.165, 1.54) is 12.1 Å². The number of amides is 1. The molecule has 1 amide bonds. The van der Waals surface area contributed by atoms with E-state index in [1.807, 2.05) is 35.4 Å². The number of benzene rings is 2. The van der Waals surface area contributed by atoms with Gasteiger partial charge in [-0.05, 0) is 49.1 Å². The van der Waals surface area contributed by atoms with Crippen LogP contribution in [0.2, 0.25) is 5.02 Å². The highest BCUT2D eigenvalue weighted by atomic mass is 35.5. The molecule has 5 rings (SSSR count). The Balaban J connectivity index is 1.34. The van der Waals surface area contributed by atoms with Crippen LogP contribution in [0.3, 0.4) is 0 Å². The minimum Gasteiger partial charge on any atom is -0.339 e. The Morgan fingerprint density at radius 3 is 2.65 bits per heavy atom. The first-order chi connectivity index (χ1) is 15.1. The molecule has 0 unspecified atom stereocenters. The summed E-state index contributed by atoms with van der Waals surface area (Å²) < 4.78 is 15.1. The average Bonchev–Trinajstić information content (AvgIpc) is 3.42. The molecule has 0 radical (unpaired) electrons. The Morgan fingerprint density at radius 1 is 1.13 bits per heavy atom. The Bertz CT molecular complexity index is 1090. The summed E-state index contributed by atoms with van der Waals surface area (Å²) in [4.78, 5) is 14.3. The summed E-state index contributed by atoms with van der Waals surface area (Å²) in [5.74, 6) is 0.342. The number of likely N-dealkylation sites (tertiary alicyclic amines) is 1. The quantitative estimate of drug-likeness (QED) is 0.593.